The van der Waals surface area contributed by atoms with Gasteiger partial charge >= 0.3 is 12.1 Å². The van der Waals surface area contributed by atoms with E-state index < -0.39 is 72.4 Å². The zero-order valence-electron chi connectivity index (χ0n) is 30.7. The number of halogens is 3. The van der Waals surface area contributed by atoms with Crippen LogP contribution in [0, 0.1) is 0 Å². The monoisotopic (exact) mass is 801 g/mol. The van der Waals surface area contributed by atoms with Crippen LogP contribution in [-0.4, -0.2) is 102 Å². The van der Waals surface area contributed by atoms with Crippen molar-refractivity contribution >= 4 is 52.2 Å². The Kier molecular flexibility index (Phi) is 17.0. The molecule has 0 bridgehead atoms. The Morgan fingerprint density at radius 3 is 1.81 bits per heavy atom. The smallest absolute Gasteiger partial charge is 0.490 e. The first-order valence-corrected chi connectivity index (χ1v) is 17.8. The third-order valence-corrected chi connectivity index (χ3v) is 8.49. The molecule has 0 unspecified atom stereocenters. The predicted molar refractivity (Wildman–Crippen MR) is 202 cm³/mol. The minimum absolute atomic E-state index is 0.0229. The number of carboxylic acids is 1. The number of carbonyl (C=O) groups excluding carboxylic acids is 5. The summed E-state index contributed by atoms with van der Waals surface area (Å²) < 4.78 is 31.7. The number of aromatic hydroxyl groups is 1. The van der Waals surface area contributed by atoms with Crippen LogP contribution in [-0.2, 0) is 41.6 Å². The Morgan fingerprint density at radius 1 is 0.719 bits per heavy atom. The Hall–Kier alpha value is -6.44. The van der Waals surface area contributed by atoms with Gasteiger partial charge in [-0.3, -0.25) is 29.0 Å². The van der Waals surface area contributed by atoms with E-state index in [0.29, 0.717) is 18.4 Å². The van der Waals surface area contributed by atoms with Gasteiger partial charge in [-0.1, -0.05) is 54.6 Å². The summed E-state index contributed by atoms with van der Waals surface area (Å²) in [5, 5.41) is 32.2. The summed E-state index contributed by atoms with van der Waals surface area (Å²) in [6.07, 6.45) is -4.03. The lowest BCUT2D eigenvalue weighted by molar-refractivity contribution is -0.192. The number of aliphatic carboxylic acids is 1. The number of rotatable bonds is 11. The molecule has 4 atom stereocenters. The second-order valence-electron chi connectivity index (χ2n) is 13.0. The highest BCUT2D eigenvalue weighted by Crippen LogP contribution is 2.18. The molecule has 3 aromatic rings. The van der Waals surface area contributed by atoms with Crippen molar-refractivity contribution in [1.29, 1.82) is 0 Å². The molecule has 308 valence electrons. The highest BCUT2D eigenvalue weighted by molar-refractivity contribution is 5.97. The number of phenols is 1. The van der Waals surface area contributed by atoms with Crippen molar-refractivity contribution in [2.24, 2.45) is 22.2 Å². The largest absolute Gasteiger partial charge is 0.508 e. The number of fused-ring (bicyclic) bond motifs is 1. The molecule has 0 radical (unpaired) electrons. The van der Waals surface area contributed by atoms with E-state index in [4.69, 9.17) is 27.1 Å². The maximum Gasteiger partial charge on any atom is 0.490 e. The molecular weight excluding hydrogens is 755 g/mol. The van der Waals surface area contributed by atoms with Crippen molar-refractivity contribution in [3.8, 4) is 5.75 Å². The predicted octanol–water partition coefficient (Wildman–Crippen LogP) is -0.175. The molecule has 1 aliphatic rings. The van der Waals surface area contributed by atoms with E-state index in [9.17, 15) is 42.3 Å². The molecule has 17 nitrogen and oxygen atoms in total. The molecule has 3 aromatic carbocycles. The van der Waals surface area contributed by atoms with Crippen LogP contribution in [0.4, 0.5) is 13.2 Å². The molecule has 20 heteroatoms. The molecule has 0 aliphatic carbocycles. The molecule has 1 aliphatic heterocycles. The number of phenolic OH excluding ortho intramolecular Hbond substituents is 1. The Labute approximate surface area is 325 Å². The average molecular weight is 802 g/mol. The molecule has 5 amide bonds. The van der Waals surface area contributed by atoms with Crippen molar-refractivity contribution in [1.82, 2.24) is 26.6 Å². The lowest BCUT2D eigenvalue weighted by atomic mass is 10.0. The zero-order valence-corrected chi connectivity index (χ0v) is 30.7. The number of benzene rings is 3. The van der Waals surface area contributed by atoms with Crippen LogP contribution >= 0.6 is 0 Å². The number of hydrogen-bond donors (Lipinski definition) is 10. The minimum atomic E-state index is -5.08. The lowest BCUT2D eigenvalue weighted by Gasteiger charge is -2.26. The fourth-order valence-corrected chi connectivity index (χ4v) is 5.60. The summed E-state index contributed by atoms with van der Waals surface area (Å²) in [5.74, 6) is -6.10. The van der Waals surface area contributed by atoms with Gasteiger partial charge < -0.3 is 54.0 Å². The van der Waals surface area contributed by atoms with Gasteiger partial charge in [0, 0.05) is 19.4 Å². The maximum atomic E-state index is 13.8. The number of nitrogens with one attached hydrogen (secondary N) is 5. The van der Waals surface area contributed by atoms with E-state index >= 15 is 0 Å². The van der Waals surface area contributed by atoms with Crippen LogP contribution in [0.1, 0.15) is 36.8 Å². The average Bonchev–Trinajstić information content (AvgIpc) is 3.16. The summed E-state index contributed by atoms with van der Waals surface area (Å²) in [4.78, 5) is 80.8. The minimum Gasteiger partial charge on any atom is -0.508 e. The number of alkyl halides is 3. The van der Waals surface area contributed by atoms with E-state index in [2.05, 4.69) is 31.6 Å². The first kappa shape index (κ1) is 45.0. The molecule has 57 heavy (non-hydrogen) atoms. The van der Waals surface area contributed by atoms with Crippen molar-refractivity contribution in [3.63, 3.8) is 0 Å². The fraction of sp³-hybridized carbons (Fsp3) is 0.378. The van der Waals surface area contributed by atoms with E-state index in [1.54, 1.807) is 12.1 Å². The number of nitrogens with zero attached hydrogens (tertiary/aromatic N) is 1. The van der Waals surface area contributed by atoms with Gasteiger partial charge in [-0.15, -0.1) is 0 Å². The first-order chi connectivity index (χ1) is 27.0. The zero-order chi connectivity index (χ0) is 42.1. The van der Waals surface area contributed by atoms with Gasteiger partial charge in [-0.25, -0.2) is 4.79 Å². The Bertz CT molecular complexity index is 1910. The van der Waals surface area contributed by atoms with Crippen molar-refractivity contribution < 1.29 is 52.2 Å². The van der Waals surface area contributed by atoms with E-state index in [0.717, 1.165) is 16.3 Å². The standard InChI is InChI=1S/C35H45N9O6.C2HF3O2/c36-15-3-7-26-32(48)42-27(8-4-16-39-35(37)38)33(49)44-28(19-22-9-12-23-5-1-2-6-24(23)17-22)31(47)40-20-30(46)41-29(34(50)43-26)18-21-10-13-25(45)14-11-21;3-2(4,5)1(6)7/h1-2,5-6,9-14,17,26-29,45H,3-4,7-8,15-16,18-20,36H2,(H,40,47)(H,41,46)(H,42,48)(H,43,50)(H,44,49)(H4,37,38,39);(H,6,7)/t26-,27-,28-,29+;/m0./s1. The molecule has 0 aromatic heterocycles. The number of guanidine groups is 1. The van der Waals surface area contributed by atoms with Crippen LogP contribution < -0.4 is 43.8 Å². The topological polar surface area (TPSA) is 293 Å². The summed E-state index contributed by atoms with van der Waals surface area (Å²) >= 11 is 0. The van der Waals surface area contributed by atoms with Gasteiger partial charge in [-0.2, -0.15) is 13.2 Å². The summed E-state index contributed by atoms with van der Waals surface area (Å²) in [6, 6.07) is 15.0. The molecule has 1 fully saturated rings. The van der Waals surface area contributed by atoms with Gasteiger partial charge in [0.1, 0.15) is 29.9 Å². The Morgan fingerprint density at radius 2 is 1.23 bits per heavy atom. The third-order valence-electron chi connectivity index (χ3n) is 8.49. The van der Waals surface area contributed by atoms with Crippen LogP contribution in [0.5, 0.6) is 5.75 Å². The van der Waals surface area contributed by atoms with E-state index in [1.165, 1.54) is 12.1 Å². The fourth-order valence-electron chi connectivity index (χ4n) is 5.60. The molecule has 4 rings (SSSR count). The molecular formula is C37H46F3N9O8. The molecule has 1 saturated heterocycles. The lowest BCUT2D eigenvalue weighted by Crippen LogP contribution is -2.58. The SMILES string of the molecule is NCCC[C@@H]1NC(=O)[C@@H](Cc2ccc(O)cc2)NC(=O)CNC(=O)[C@H](Cc2ccc3ccccc3c2)NC(=O)[C@H](CCCN=C(N)N)NC1=O.O=C(O)C(F)(F)F. The van der Waals surface area contributed by atoms with Crippen molar-refractivity contribution in [3.05, 3.63) is 77.9 Å². The van der Waals surface area contributed by atoms with Crippen LogP contribution in [0.25, 0.3) is 10.8 Å². The van der Waals surface area contributed by atoms with Gasteiger partial charge in [0.15, 0.2) is 5.96 Å². The number of amides is 5. The van der Waals surface area contributed by atoms with E-state index in [1.807, 2.05) is 42.5 Å². The molecule has 13 N–H and O–H groups in total. The van der Waals surface area contributed by atoms with Crippen LogP contribution in [0.15, 0.2) is 71.7 Å². The molecule has 1 heterocycles. The normalized spacial score (nSPS) is 19.5. The first-order valence-electron chi connectivity index (χ1n) is 17.8. The second-order valence-corrected chi connectivity index (χ2v) is 13.0. The van der Waals surface area contributed by atoms with Crippen molar-refractivity contribution in [2.45, 2.75) is 68.9 Å². The number of nitrogens with two attached hydrogens (primary N) is 3. The quantitative estimate of drug-likeness (QED) is 0.0690. The van der Waals surface area contributed by atoms with Crippen molar-refractivity contribution in [2.75, 3.05) is 19.6 Å². The number of aliphatic imine (C=N–C) groups is 1. The molecule has 0 spiro atoms. The summed E-state index contributed by atoms with van der Waals surface area (Å²) in [6.45, 7) is -0.0684. The highest BCUT2D eigenvalue weighted by atomic mass is 19.4. The maximum absolute atomic E-state index is 13.8. The number of carboxylic acid groups (broad SMARTS) is 1. The van der Waals surface area contributed by atoms with E-state index in [-0.39, 0.29) is 50.5 Å². The van der Waals surface area contributed by atoms with Gasteiger partial charge in [0.2, 0.25) is 29.5 Å². The number of hydrogen-bond acceptors (Lipinski definition) is 9. The number of carbonyl (C=O) groups is 6. The molecule has 0 saturated carbocycles. The van der Waals surface area contributed by atoms with Crippen LogP contribution in [0.2, 0.25) is 0 Å². The third kappa shape index (κ3) is 15.3. The second kappa shape index (κ2) is 21.6. The van der Waals surface area contributed by atoms with Gasteiger partial charge in [-0.05, 0) is 66.3 Å². The van der Waals surface area contributed by atoms with Gasteiger partial charge in [0.25, 0.3) is 0 Å². The highest BCUT2D eigenvalue weighted by Gasteiger charge is 2.38. The van der Waals surface area contributed by atoms with Crippen LogP contribution in [0.3, 0.4) is 0 Å². The summed E-state index contributed by atoms with van der Waals surface area (Å²) in [7, 11) is 0. The summed E-state index contributed by atoms with van der Waals surface area (Å²) in [5.41, 5.74) is 18.0. The van der Waals surface area contributed by atoms with Gasteiger partial charge in [0.05, 0.1) is 6.54 Å². The Balaban J connectivity index is 0.00000113.